The summed E-state index contributed by atoms with van der Waals surface area (Å²) < 4.78 is 105. The number of nitrogens with one attached hydrogen (secondary N) is 1. The maximum absolute atomic E-state index is 14.9. The van der Waals surface area contributed by atoms with Crippen LogP contribution in [0, 0.1) is 40.4 Å². The van der Waals surface area contributed by atoms with Gasteiger partial charge < -0.3 is 15.9 Å². The van der Waals surface area contributed by atoms with Gasteiger partial charge in [0.15, 0.2) is 11.6 Å². The van der Waals surface area contributed by atoms with Gasteiger partial charge >= 0.3 is 6.11 Å². The Morgan fingerprint density at radius 1 is 0.725 bits per heavy atom. The molecule has 0 aliphatic heterocycles. The van der Waals surface area contributed by atoms with E-state index in [1.165, 1.54) is 18.3 Å². The Morgan fingerprint density at radius 3 is 1.93 bits per heavy atom. The molecule has 208 valence electrons. The molecule has 0 fully saturated rings. The van der Waals surface area contributed by atoms with Crippen LogP contribution in [-0.4, -0.2) is 12.8 Å². The number of alkyl halides is 2. The molecule has 0 radical (unpaired) electrons. The van der Waals surface area contributed by atoms with Gasteiger partial charge in [-0.05, 0) is 78.2 Å². The van der Waals surface area contributed by atoms with Gasteiger partial charge in [-0.25, -0.2) is 22.0 Å². The Kier molecular flexibility index (Phi) is 8.58. The summed E-state index contributed by atoms with van der Waals surface area (Å²) in [5.74, 6) is -6.22. The van der Waals surface area contributed by atoms with E-state index in [9.17, 15) is 30.7 Å². The van der Waals surface area contributed by atoms with Crippen LogP contribution in [0.2, 0.25) is 0 Å². The molecule has 1 unspecified atom stereocenters. The first-order chi connectivity index (χ1) is 19.0. The summed E-state index contributed by atoms with van der Waals surface area (Å²) >= 11 is 0. The predicted molar refractivity (Wildman–Crippen MR) is 138 cm³/mol. The first kappa shape index (κ1) is 28.8. The van der Waals surface area contributed by atoms with Crippen molar-refractivity contribution in [3.05, 3.63) is 113 Å². The molecule has 0 spiro atoms. The monoisotopic (exact) mass is 560 g/mol. The van der Waals surface area contributed by atoms with Crippen LogP contribution in [0.3, 0.4) is 0 Å². The van der Waals surface area contributed by atoms with Crippen LogP contribution in [0.25, 0.3) is 22.3 Å². The van der Waals surface area contributed by atoms with Gasteiger partial charge in [0.1, 0.15) is 23.2 Å². The van der Waals surface area contributed by atoms with Crippen molar-refractivity contribution in [2.45, 2.75) is 19.0 Å². The quantitative estimate of drug-likeness (QED) is 0.153. The van der Waals surface area contributed by atoms with Crippen LogP contribution < -0.4 is 10.5 Å². The molecule has 0 saturated carbocycles. The van der Waals surface area contributed by atoms with Gasteiger partial charge in [-0.15, -0.1) is 0 Å². The van der Waals surface area contributed by atoms with E-state index in [2.05, 4.69) is 4.74 Å². The summed E-state index contributed by atoms with van der Waals surface area (Å²) in [5.41, 5.74) is 4.84. The molecule has 0 aromatic heterocycles. The lowest BCUT2D eigenvalue weighted by Gasteiger charge is -2.20. The molecule has 0 aliphatic rings. The fourth-order valence-electron chi connectivity index (χ4n) is 4.15. The van der Waals surface area contributed by atoms with Crippen molar-refractivity contribution in [1.82, 2.24) is 0 Å². The third-order valence-corrected chi connectivity index (χ3v) is 6.39. The van der Waals surface area contributed by atoms with E-state index in [1.807, 2.05) is 0 Å². The number of rotatable bonds is 10. The van der Waals surface area contributed by atoms with Crippen LogP contribution in [0.4, 0.5) is 30.7 Å². The van der Waals surface area contributed by atoms with Crippen molar-refractivity contribution in [2.24, 2.45) is 11.7 Å². The third-order valence-electron chi connectivity index (χ3n) is 6.39. The molecule has 3 nitrogen and oxygen atoms in total. The lowest BCUT2D eigenvalue weighted by Crippen LogP contribution is -2.23. The molecule has 1 atom stereocenters. The normalized spacial score (nSPS) is 12.3. The largest absolute Gasteiger partial charge is 0.429 e. The van der Waals surface area contributed by atoms with Gasteiger partial charge in [-0.1, -0.05) is 24.3 Å². The Morgan fingerprint density at radius 2 is 1.35 bits per heavy atom. The zero-order chi connectivity index (χ0) is 29.0. The molecular weight excluding hydrogens is 537 g/mol. The highest BCUT2D eigenvalue weighted by Gasteiger charge is 2.38. The average Bonchev–Trinajstić information content (AvgIpc) is 2.90. The van der Waals surface area contributed by atoms with E-state index >= 15 is 0 Å². The predicted octanol–water partition coefficient (Wildman–Crippen LogP) is 8.00. The molecule has 0 heterocycles. The molecule has 0 bridgehead atoms. The average molecular weight is 561 g/mol. The van der Waals surface area contributed by atoms with Crippen molar-refractivity contribution < 1.29 is 35.5 Å². The summed E-state index contributed by atoms with van der Waals surface area (Å²) in [6.45, 7) is 0.293. The summed E-state index contributed by atoms with van der Waals surface area (Å²) in [7, 11) is 0. The minimum Gasteiger partial charge on any atom is -0.429 e. The number of aryl methyl sites for hydroxylation is 1. The third kappa shape index (κ3) is 6.34. The second-order valence-electron chi connectivity index (χ2n) is 9.10. The van der Waals surface area contributed by atoms with Gasteiger partial charge in [-0.3, -0.25) is 0 Å². The van der Waals surface area contributed by atoms with E-state index in [1.54, 1.807) is 6.07 Å². The molecule has 3 N–H and O–H groups in total. The van der Waals surface area contributed by atoms with Gasteiger partial charge in [0, 0.05) is 29.7 Å². The van der Waals surface area contributed by atoms with E-state index in [0.717, 1.165) is 48.5 Å². The fourth-order valence-corrected chi connectivity index (χ4v) is 4.15. The standard InChI is InChI=1S/C30H23F7N2O/c31-25-10-5-20(13-29(25)35)23-8-6-21(14-27(23)33)40-30(36,37)24-9-4-19(12-28(24)34)22-7-3-17(11-26(22)32)1-2-18(15-38)16-39/h3-15,18,38H,1-2,16,39H2. The Hall–Kier alpha value is -4.18. The van der Waals surface area contributed by atoms with Crippen molar-refractivity contribution in [2.75, 3.05) is 6.54 Å². The molecule has 4 rings (SSSR count). The van der Waals surface area contributed by atoms with Crippen molar-refractivity contribution in [3.8, 4) is 28.0 Å². The molecule has 4 aromatic carbocycles. The highest BCUT2D eigenvalue weighted by Crippen LogP contribution is 2.37. The molecule has 40 heavy (non-hydrogen) atoms. The summed E-state index contributed by atoms with van der Waals surface area (Å²) in [5, 5.41) is 7.31. The zero-order valence-electron chi connectivity index (χ0n) is 20.8. The second kappa shape index (κ2) is 11.9. The van der Waals surface area contributed by atoms with Crippen LogP contribution in [-0.2, 0) is 12.5 Å². The van der Waals surface area contributed by atoms with E-state index in [0.29, 0.717) is 31.0 Å². The molecule has 4 aromatic rings. The van der Waals surface area contributed by atoms with Gasteiger partial charge in [0.05, 0.1) is 5.56 Å². The van der Waals surface area contributed by atoms with Crippen LogP contribution in [0.15, 0.2) is 72.8 Å². The molecule has 0 saturated heterocycles. The van der Waals surface area contributed by atoms with Crippen molar-refractivity contribution in [3.63, 3.8) is 0 Å². The minimum absolute atomic E-state index is 0.00393. The summed E-state index contributed by atoms with van der Waals surface area (Å²) in [6, 6.07) is 12.2. The SMILES string of the molecule is N=CC(CN)CCc1ccc(-c2ccc(C(F)(F)Oc3ccc(-c4ccc(F)c(F)c4)c(F)c3)c(F)c2)c(F)c1. The van der Waals surface area contributed by atoms with E-state index < -0.39 is 46.5 Å². The van der Waals surface area contributed by atoms with Crippen molar-refractivity contribution >= 4 is 6.21 Å². The van der Waals surface area contributed by atoms with Crippen LogP contribution in [0.5, 0.6) is 5.75 Å². The zero-order valence-corrected chi connectivity index (χ0v) is 20.8. The topological polar surface area (TPSA) is 59.1 Å². The molecule has 0 aliphatic carbocycles. The molecule has 0 amide bonds. The van der Waals surface area contributed by atoms with Gasteiger partial charge in [0.2, 0.25) is 0 Å². The number of nitrogens with two attached hydrogens (primary N) is 1. The fraction of sp³-hybridized carbons (Fsp3) is 0.167. The number of ether oxygens (including phenoxy) is 1. The Bertz CT molecular complexity index is 1540. The smallest absolute Gasteiger partial charge is 0.429 e. The van der Waals surface area contributed by atoms with E-state index in [4.69, 9.17) is 11.1 Å². The Labute approximate surface area is 225 Å². The second-order valence-corrected chi connectivity index (χ2v) is 9.10. The maximum atomic E-state index is 14.9. The number of hydrogen-bond acceptors (Lipinski definition) is 3. The van der Waals surface area contributed by atoms with Crippen LogP contribution >= 0.6 is 0 Å². The van der Waals surface area contributed by atoms with Crippen molar-refractivity contribution in [1.29, 1.82) is 5.41 Å². The lowest BCUT2D eigenvalue weighted by atomic mass is 9.97. The van der Waals surface area contributed by atoms with Crippen LogP contribution in [0.1, 0.15) is 17.5 Å². The highest BCUT2D eigenvalue weighted by atomic mass is 19.3. The molecular formula is C30H23F7N2O. The lowest BCUT2D eigenvalue weighted by molar-refractivity contribution is -0.187. The summed E-state index contributed by atoms with van der Waals surface area (Å²) in [6.07, 6.45) is -1.98. The Balaban J connectivity index is 1.52. The highest BCUT2D eigenvalue weighted by molar-refractivity contribution is 5.66. The van der Waals surface area contributed by atoms with Gasteiger partial charge in [-0.2, -0.15) is 8.78 Å². The first-order valence-corrected chi connectivity index (χ1v) is 12.1. The van der Waals surface area contributed by atoms with E-state index in [-0.39, 0.29) is 28.2 Å². The molecule has 10 heteroatoms. The summed E-state index contributed by atoms with van der Waals surface area (Å²) in [4.78, 5) is 0. The number of hydrogen-bond donors (Lipinski definition) is 2. The first-order valence-electron chi connectivity index (χ1n) is 12.1. The minimum atomic E-state index is -4.23. The number of halogens is 7. The maximum Gasteiger partial charge on any atom is 0.429 e. The number of benzene rings is 4. The van der Waals surface area contributed by atoms with Gasteiger partial charge in [0.25, 0.3) is 0 Å².